The van der Waals surface area contributed by atoms with Crippen LogP contribution in [-0.4, -0.2) is 5.75 Å². The van der Waals surface area contributed by atoms with Gasteiger partial charge in [-0.2, -0.15) is 25.3 Å². The van der Waals surface area contributed by atoms with Gasteiger partial charge in [0, 0.05) is 0 Å². The van der Waals surface area contributed by atoms with Crippen molar-refractivity contribution in [3.63, 3.8) is 0 Å². The predicted molar refractivity (Wildman–Crippen MR) is 36.6 cm³/mol. The summed E-state index contributed by atoms with van der Waals surface area (Å²) in [4.78, 5) is 0. The lowest BCUT2D eigenvalue weighted by Gasteiger charge is -1.75. The fraction of sp³-hybridized carbons (Fsp3) is 0.500. The second-order valence-electron chi connectivity index (χ2n) is 0.897. The summed E-state index contributed by atoms with van der Waals surface area (Å²) in [5, 5.41) is 1.73. The molecule has 0 aliphatic carbocycles. The zero-order chi connectivity index (χ0) is 4.83. The van der Waals surface area contributed by atoms with Gasteiger partial charge in [0.05, 0.1) is 0 Å². The summed E-state index contributed by atoms with van der Waals surface area (Å²) >= 11 is 7.81. The van der Waals surface area contributed by atoms with E-state index < -0.39 is 0 Å². The highest BCUT2D eigenvalue weighted by atomic mass is 32.1. The first kappa shape index (κ1) is 6.44. The van der Waals surface area contributed by atoms with Gasteiger partial charge in [-0.25, -0.2) is 0 Å². The Morgan fingerprint density at radius 3 is 2.33 bits per heavy atom. The van der Waals surface area contributed by atoms with Gasteiger partial charge in [-0.1, -0.05) is 6.08 Å². The lowest BCUT2D eigenvalue weighted by atomic mass is 10.5. The van der Waals surface area contributed by atoms with E-state index in [0.717, 1.165) is 12.2 Å². The number of rotatable bonds is 2. The molecule has 0 heterocycles. The third-order valence-electron chi connectivity index (χ3n) is 0.401. The minimum Gasteiger partial charge on any atom is -0.179 e. The van der Waals surface area contributed by atoms with E-state index >= 15 is 0 Å². The van der Waals surface area contributed by atoms with Crippen molar-refractivity contribution >= 4 is 25.3 Å². The molecule has 0 spiro atoms. The van der Waals surface area contributed by atoms with E-state index in [1.54, 1.807) is 5.41 Å². The van der Waals surface area contributed by atoms with Gasteiger partial charge in [0.1, 0.15) is 0 Å². The summed E-state index contributed by atoms with van der Waals surface area (Å²) in [6.45, 7) is 0. The van der Waals surface area contributed by atoms with Crippen molar-refractivity contribution in [2.75, 3.05) is 5.75 Å². The lowest BCUT2D eigenvalue weighted by Crippen LogP contribution is -1.61. The standard InChI is InChI=1S/C4H8S2/c5-3-1-2-4-6/h1,3,5-6H,2,4H2. The van der Waals surface area contributed by atoms with E-state index in [9.17, 15) is 0 Å². The fourth-order valence-corrected chi connectivity index (χ4v) is 0.447. The molecule has 36 valence electrons. The monoisotopic (exact) mass is 120 g/mol. The highest BCUT2D eigenvalue weighted by Crippen LogP contribution is 1.86. The normalized spacial score (nSPS) is 10.3. The first-order valence-corrected chi connectivity index (χ1v) is 2.96. The first-order valence-electron chi connectivity index (χ1n) is 1.82. The molecule has 0 N–H and O–H groups in total. The molecular weight excluding hydrogens is 112 g/mol. The second-order valence-corrected chi connectivity index (χ2v) is 1.64. The molecule has 0 bridgehead atoms. The van der Waals surface area contributed by atoms with E-state index in [1.807, 2.05) is 6.08 Å². The Balaban J connectivity index is 2.66. The fourth-order valence-electron chi connectivity index (χ4n) is 0.149. The molecule has 0 aliphatic heterocycles. The van der Waals surface area contributed by atoms with Crippen molar-refractivity contribution in [1.29, 1.82) is 0 Å². The van der Waals surface area contributed by atoms with Gasteiger partial charge in [0.15, 0.2) is 0 Å². The van der Waals surface area contributed by atoms with Crippen LogP contribution in [0.3, 0.4) is 0 Å². The highest BCUT2D eigenvalue weighted by molar-refractivity contribution is 7.83. The van der Waals surface area contributed by atoms with Crippen molar-refractivity contribution in [2.45, 2.75) is 6.42 Å². The molecule has 0 aromatic rings. The zero-order valence-electron chi connectivity index (χ0n) is 3.46. The van der Waals surface area contributed by atoms with E-state index in [1.165, 1.54) is 0 Å². The molecular formula is C4H8S2. The van der Waals surface area contributed by atoms with E-state index in [4.69, 9.17) is 0 Å². The highest BCUT2D eigenvalue weighted by Gasteiger charge is 1.65. The average Bonchev–Trinajstić information content (AvgIpc) is 1.61. The second kappa shape index (κ2) is 5.44. The van der Waals surface area contributed by atoms with Gasteiger partial charge in [-0.15, -0.1) is 0 Å². The molecule has 0 saturated heterocycles. The Bertz CT molecular complexity index is 40.8. The van der Waals surface area contributed by atoms with Gasteiger partial charge >= 0.3 is 0 Å². The van der Waals surface area contributed by atoms with Crippen LogP contribution in [0, 0.1) is 0 Å². The van der Waals surface area contributed by atoms with Crippen molar-refractivity contribution in [3.8, 4) is 0 Å². The van der Waals surface area contributed by atoms with E-state index in [0.29, 0.717) is 0 Å². The minimum absolute atomic E-state index is 0.914. The number of hydrogen-bond acceptors (Lipinski definition) is 2. The van der Waals surface area contributed by atoms with Crippen LogP contribution in [0.2, 0.25) is 0 Å². The summed E-state index contributed by atoms with van der Waals surface area (Å²) in [6, 6.07) is 0. The van der Waals surface area contributed by atoms with E-state index in [2.05, 4.69) is 25.3 Å². The molecule has 0 radical (unpaired) electrons. The molecule has 0 unspecified atom stereocenters. The van der Waals surface area contributed by atoms with Crippen molar-refractivity contribution < 1.29 is 0 Å². The van der Waals surface area contributed by atoms with Crippen molar-refractivity contribution in [1.82, 2.24) is 0 Å². The Morgan fingerprint density at radius 1 is 1.50 bits per heavy atom. The van der Waals surface area contributed by atoms with Crippen molar-refractivity contribution in [2.24, 2.45) is 0 Å². The molecule has 0 aromatic heterocycles. The smallest absolute Gasteiger partial charge is 0.00630 e. The summed E-state index contributed by atoms with van der Waals surface area (Å²) in [5.41, 5.74) is 0. The molecule has 0 saturated carbocycles. The van der Waals surface area contributed by atoms with Gasteiger partial charge in [0.25, 0.3) is 0 Å². The molecule has 0 amide bonds. The Morgan fingerprint density at radius 2 is 2.17 bits per heavy atom. The molecule has 0 aliphatic rings. The predicted octanol–water partition coefficient (Wildman–Crippen LogP) is 1.75. The minimum atomic E-state index is 0.914. The third kappa shape index (κ3) is 4.44. The summed E-state index contributed by atoms with van der Waals surface area (Å²) in [6.07, 6.45) is 2.99. The maximum atomic E-state index is 3.97. The molecule has 6 heavy (non-hydrogen) atoms. The Hall–Kier alpha value is 0.440. The Labute approximate surface area is 49.5 Å². The summed E-state index contributed by atoms with van der Waals surface area (Å²) in [7, 11) is 0. The third-order valence-corrected chi connectivity index (χ3v) is 0.870. The van der Waals surface area contributed by atoms with Crippen LogP contribution in [0.4, 0.5) is 0 Å². The molecule has 0 aromatic carbocycles. The average molecular weight is 120 g/mol. The number of hydrogen-bond donors (Lipinski definition) is 2. The number of allylic oxidation sites excluding steroid dienone is 1. The maximum absolute atomic E-state index is 3.97. The topological polar surface area (TPSA) is 0 Å². The molecule has 2 heteroatoms. The zero-order valence-corrected chi connectivity index (χ0v) is 5.25. The number of thiol groups is 2. The first-order chi connectivity index (χ1) is 2.91. The van der Waals surface area contributed by atoms with Gasteiger partial charge in [-0.3, -0.25) is 0 Å². The van der Waals surface area contributed by atoms with Gasteiger partial charge < -0.3 is 0 Å². The quantitative estimate of drug-likeness (QED) is 0.510. The van der Waals surface area contributed by atoms with Crippen LogP contribution in [0.1, 0.15) is 6.42 Å². The Kier molecular flexibility index (Phi) is 5.84. The summed E-state index contributed by atoms with van der Waals surface area (Å²) in [5.74, 6) is 0.914. The van der Waals surface area contributed by atoms with E-state index in [-0.39, 0.29) is 0 Å². The largest absolute Gasteiger partial charge is 0.179 e. The molecule has 0 fully saturated rings. The summed E-state index contributed by atoms with van der Waals surface area (Å²) < 4.78 is 0. The van der Waals surface area contributed by atoms with Crippen LogP contribution >= 0.6 is 25.3 Å². The molecule has 0 nitrogen and oxygen atoms in total. The molecule has 0 rings (SSSR count). The van der Waals surface area contributed by atoms with Crippen molar-refractivity contribution in [3.05, 3.63) is 11.5 Å². The lowest BCUT2D eigenvalue weighted by molar-refractivity contribution is 1.26. The van der Waals surface area contributed by atoms with Crippen LogP contribution in [0.25, 0.3) is 0 Å². The maximum Gasteiger partial charge on any atom is -0.00630 e. The van der Waals surface area contributed by atoms with Crippen LogP contribution in [0.15, 0.2) is 11.5 Å². The van der Waals surface area contributed by atoms with Crippen LogP contribution in [-0.2, 0) is 0 Å². The van der Waals surface area contributed by atoms with Gasteiger partial charge in [-0.05, 0) is 17.6 Å². The molecule has 0 atom stereocenters. The van der Waals surface area contributed by atoms with Gasteiger partial charge in [0.2, 0.25) is 0 Å². The van der Waals surface area contributed by atoms with Crippen LogP contribution < -0.4 is 0 Å². The SMILES string of the molecule is SC=CCCS. The van der Waals surface area contributed by atoms with Crippen LogP contribution in [0.5, 0.6) is 0 Å².